The van der Waals surface area contributed by atoms with Crippen LogP contribution in [0.2, 0.25) is 0 Å². The van der Waals surface area contributed by atoms with E-state index < -0.39 is 0 Å². The smallest absolute Gasteiger partial charge is 0.0340 e. The van der Waals surface area contributed by atoms with Gasteiger partial charge in [0.1, 0.15) is 0 Å². The maximum absolute atomic E-state index is 3.51. The monoisotopic (exact) mass is 353 g/mol. The first-order valence-corrected chi connectivity index (χ1v) is 9.28. The van der Waals surface area contributed by atoms with Crippen molar-refractivity contribution < 1.29 is 0 Å². The molecule has 0 saturated carbocycles. The Morgan fingerprint density at radius 2 is 0.889 bits per heavy atom. The summed E-state index contributed by atoms with van der Waals surface area (Å²) >= 11 is 0. The van der Waals surface area contributed by atoms with Crippen molar-refractivity contribution in [3.05, 3.63) is 145 Å². The molecule has 0 atom stereocenters. The van der Waals surface area contributed by atoms with Crippen molar-refractivity contribution in [2.75, 3.05) is 6.54 Å². The highest BCUT2D eigenvalue weighted by Gasteiger charge is 1.94. The van der Waals surface area contributed by atoms with Gasteiger partial charge in [-0.25, -0.2) is 0 Å². The molecule has 0 aromatic rings. The van der Waals surface area contributed by atoms with Crippen molar-refractivity contribution >= 4 is 0 Å². The molecule has 2 aliphatic carbocycles. The molecule has 136 valence electrons. The SMILES string of the molecule is C1=C\C=C/C=C\C(CCNC2=C/C=C\C=C/C=C\C=C/C=C\2)=C/C=C\C=C/1. The predicted octanol–water partition coefficient (Wildman–Crippen LogP) is 6.37. The molecule has 0 radical (unpaired) electrons. The highest BCUT2D eigenvalue weighted by Crippen LogP contribution is 2.06. The minimum absolute atomic E-state index is 0.868. The van der Waals surface area contributed by atoms with Crippen LogP contribution in [-0.2, 0) is 0 Å². The molecular formula is C26H27N. The van der Waals surface area contributed by atoms with Crippen LogP contribution >= 0.6 is 0 Å². The van der Waals surface area contributed by atoms with E-state index in [-0.39, 0.29) is 0 Å². The Morgan fingerprint density at radius 1 is 0.444 bits per heavy atom. The molecule has 27 heavy (non-hydrogen) atoms. The van der Waals surface area contributed by atoms with Crippen LogP contribution in [0.3, 0.4) is 0 Å². The molecule has 2 aliphatic rings. The summed E-state index contributed by atoms with van der Waals surface area (Å²) in [4.78, 5) is 0. The van der Waals surface area contributed by atoms with E-state index in [4.69, 9.17) is 0 Å². The third-order valence-electron chi connectivity index (χ3n) is 3.69. The van der Waals surface area contributed by atoms with E-state index in [9.17, 15) is 0 Å². The third-order valence-corrected chi connectivity index (χ3v) is 3.69. The summed E-state index contributed by atoms with van der Waals surface area (Å²) in [6, 6.07) is 0. The number of rotatable bonds is 4. The van der Waals surface area contributed by atoms with Crippen molar-refractivity contribution in [1.82, 2.24) is 5.32 Å². The van der Waals surface area contributed by atoms with E-state index in [1.54, 1.807) is 0 Å². The molecule has 0 bridgehead atoms. The summed E-state index contributed by atoms with van der Waals surface area (Å²) in [5.41, 5.74) is 2.37. The Morgan fingerprint density at radius 3 is 1.48 bits per heavy atom. The lowest BCUT2D eigenvalue weighted by Gasteiger charge is -2.07. The quantitative estimate of drug-likeness (QED) is 0.619. The molecular weight excluding hydrogens is 326 g/mol. The maximum Gasteiger partial charge on any atom is 0.0340 e. The second-order valence-corrected chi connectivity index (χ2v) is 5.84. The van der Waals surface area contributed by atoms with Gasteiger partial charge in [0.2, 0.25) is 0 Å². The lowest BCUT2D eigenvalue weighted by atomic mass is 10.1. The summed E-state index contributed by atoms with van der Waals surface area (Å²) in [5.74, 6) is 0. The summed E-state index contributed by atoms with van der Waals surface area (Å²) in [6.07, 6.45) is 46.1. The first-order valence-electron chi connectivity index (χ1n) is 9.28. The second kappa shape index (κ2) is 13.9. The van der Waals surface area contributed by atoms with Crippen LogP contribution in [0.25, 0.3) is 0 Å². The van der Waals surface area contributed by atoms with Gasteiger partial charge >= 0.3 is 0 Å². The van der Waals surface area contributed by atoms with E-state index in [0.717, 1.165) is 18.7 Å². The molecule has 0 spiro atoms. The molecule has 0 fully saturated rings. The highest BCUT2D eigenvalue weighted by atomic mass is 14.9. The first kappa shape index (κ1) is 20.0. The van der Waals surface area contributed by atoms with Gasteiger partial charge in [-0.2, -0.15) is 0 Å². The van der Waals surface area contributed by atoms with Crippen molar-refractivity contribution in [1.29, 1.82) is 0 Å². The van der Waals surface area contributed by atoms with Crippen LogP contribution in [0, 0.1) is 0 Å². The zero-order valence-corrected chi connectivity index (χ0v) is 15.6. The molecule has 0 aromatic heterocycles. The fourth-order valence-electron chi connectivity index (χ4n) is 2.32. The zero-order valence-electron chi connectivity index (χ0n) is 15.6. The fraction of sp³-hybridized carbons (Fsp3) is 0.0769. The van der Waals surface area contributed by atoms with E-state index in [0.29, 0.717) is 0 Å². The van der Waals surface area contributed by atoms with Crippen molar-refractivity contribution in [2.45, 2.75) is 6.42 Å². The standard InChI is InChI=1S/C26H27N/c1-3-7-11-15-19-25(20-16-12-8-4-1)23-24-27-26-21-17-13-9-5-2-6-10-14-18-22-26/h1-22,27H,23-24H2/b3-1-,4-1?,5-2-,6-2?,7-3?,8-4-,9-5?,10-6-,11-7-,12-8?,13-9-,14-10?,15-11?,16-12-,17-13?,18-14-,19-15-,20-16?,21-17-,22-18?,25-19?,25-20+,26-21?,26-22+. The maximum atomic E-state index is 3.51. The van der Waals surface area contributed by atoms with Gasteiger partial charge in [-0.1, -0.05) is 122 Å². The summed E-state index contributed by atoms with van der Waals surface area (Å²) in [6.45, 7) is 0.868. The number of hydrogen-bond donors (Lipinski definition) is 1. The molecule has 1 heteroatoms. The minimum atomic E-state index is 0.868. The molecule has 0 saturated heterocycles. The van der Waals surface area contributed by atoms with Gasteiger partial charge in [0.25, 0.3) is 0 Å². The summed E-state index contributed by atoms with van der Waals surface area (Å²) in [7, 11) is 0. The Labute approximate surface area is 163 Å². The molecule has 2 rings (SSSR count). The first-order chi connectivity index (χ1) is 13.4. The van der Waals surface area contributed by atoms with Crippen LogP contribution < -0.4 is 5.32 Å². The van der Waals surface area contributed by atoms with Crippen LogP contribution in [-0.4, -0.2) is 6.54 Å². The van der Waals surface area contributed by atoms with Crippen LogP contribution in [0.5, 0.6) is 0 Å². The van der Waals surface area contributed by atoms with Crippen LogP contribution in [0.15, 0.2) is 145 Å². The van der Waals surface area contributed by atoms with Gasteiger partial charge in [-0.3, -0.25) is 0 Å². The predicted molar refractivity (Wildman–Crippen MR) is 120 cm³/mol. The Kier molecular flexibility index (Phi) is 10.3. The van der Waals surface area contributed by atoms with Gasteiger partial charge in [-0.05, 0) is 24.1 Å². The van der Waals surface area contributed by atoms with Crippen molar-refractivity contribution in [3.8, 4) is 0 Å². The van der Waals surface area contributed by atoms with Crippen LogP contribution in [0.4, 0.5) is 0 Å². The number of nitrogens with one attached hydrogen (secondary N) is 1. The van der Waals surface area contributed by atoms with E-state index in [2.05, 4.69) is 41.8 Å². The molecule has 0 unspecified atom stereocenters. The van der Waals surface area contributed by atoms with E-state index in [1.807, 2.05) is 97.2 Å². The van der Waals surface area contributed by atoms with Gasteiger partial charge < -0.3 is 5.32 Å². The number of hydrogen-bond acceptors (Lipinski definition) is 1. The van der Waals surface area contributed by atoms with Crippen molar-refractivity contribution in [3.63, 3.8) is 0 Å². The molecule has 0 aliphatic heterocycles. The fourth-order valence-corrected chi connectivity index (χ4v) is 2.32. The average molecular weight is 354 g/mol. The van der Waals surface area contributed by atoms with Gasteiger partial charge in [0.15, 0.2) is 0 Å². The van der Waals surface area contributed by atoms with Gasteiger partial charge in [-0.15, -0.1) is 0 Å². The van der Waals surface area contributed by atoms with Gasteiger partial charge in [0, 0.05) is 12.2 Å². The highest BCUT2D eigenvalue weighted by molar-refractivity contribution is 5.31. The molecule has 0 heterocycles. The molecule has 1 N–H and O–H groups in total. The Hall–Kier alpha value is -3.32. The van der Waals surface area contributed by atoms with E-state index >= 15 is 0 Å². The summed E-state index contributed by atoms with van der Waals surface area (Å²) in [5, 5.41) is 3.51. The average Bonchev–Trinajstić information content (AvgIpc) is 2.65. The normalized spacial score (nSPS) is 32.6. The third kappa shape index (κ3) is 10.3. The topological polar surface area (TPSA) is 12.0 Å². The van der Waals surface area contributed by atoms with Crippen LogP contribution in [0.1, 0.15) is 6.42 Å². The lowest BCUT2D eigenvalue weighted by molar-refractivity contribution is 0.807. The second-order valence-electron chi connectivity index (χ2n) is 5.84. The van der Waals surface area contributed by atoms with Gasteiger partial charge in [0.05, 0.1) is 0 Å². The Bertz CT molecular complexity index is 729. The molecule has 0 amide bonds. The molecule has 0 aromatic carbocycles. The lowest BCUT2D eigenvalue weighted by Crippen LogP contribution is -2.13. The zero-order chi connectivity index (χ0) is 18.8. The number of allylic oxidation sites excluding steroid dienone is 22. The minimum Gasteiger partial charge on any atom is -0.385 e. The largest absolute Gasteiger partial charge is 0.385 e. The summed E-state index contributed by atoms with van der Waals surface area (Å²) < 4.78 is 0. The van der Waals surface area contributed by atoms with Crippen molar-refractivity contribution in [2.24, 2.45) is 0 Å². The Balaban J connectivity index is 1.97. The molecule has 1 nitrogen and oxygen atoms in total. The van der Waals surface area contributed by atoms with E-state index in [1.165, 1.54) is 5.57 Å².